The van der Waals surface area contributed by atoms with Gasteiger partial charge in [-0.15, -0.1) is 0 Å². The Bertz CT molecular complexity index is 966. The van der Waals surface area contributed by atoms with E-state index < -0.39 is 23.6 Å². The summed E-state index contributed by atoms with van der Waals surface area (Å²) in [6.45, 7) is 4.01. The van der Waals surface area contributed by atoms with Crippen LogP contribution in [0.5, 0.6) is 0 Å². The molecule has 3 rings (SSSR count). The van der Waals surface area contributed by atoms with Crippen LogP contribution in [0, 0.1) is 5.82 Å². The maximum Gasteiger partial charge on any atom is 0.416 e. The van der Waals surface area contributed by atoms with E-state index in [-0.39, 0.29) is 35.5 Å². The van der Waals surface area contributed by atoms with Gasteiger partial charge in [-0.25, -0.2) is 4.39 Å². The summed E-state index contributed by atoms with van der Waals surface area (Å²) in [6.07, 6.45) is -3.74. The number of amides is 1. The molecule has 1 fully saturated rings. The summed E-state index contributed by atoms with van der Waals surface area (Å²) in [4.78, 5) is 16.0. The molecule has 1 amide bonds. The minimum absolute atomic E-state index is 0.00858. The number of anilines is 2. The number of benzene rings is 2. The van der Waals surface area contributed by atoms with E-state index in [0.717, 1.165) is 24.6 Å². The lowest BCUT2D eigenvalue weighted by Crippen LogP contribution is -2.40. The zero-order valence-corrected chi connectivity index (χ0v) is 18.0. The van der Waals surface area contributed by atoms with Crippen LogP contribution in [-0.2, 0) is 17.5 Å². The average molecular weight is 458 g/mol. The van der Waals surface area contributed by atoms with Gasteiger partial charge in [0.05, 0.1) is 22.3 Å². The molecule has 0 radical (unpaired) electrons. The third-order valence-electron chi connectivity index (χ3n) is 5.73. The largest absolute Gasteiger partial charge is 0.416 e. The van der Waals surface area contributed by atoms with Gasteiger partial charge in [0.1, 0.15) is 5.82 Å². The maximum absolute atomic E-state index is 13.9. The summed E-state index contributed by atoms with van der Waals surface area (Å²) in [7, 11) is 0. The van der Waals surface area contributed by atoms with Gasteiger partial charge in [-0.05, 0) is 55.3 Å². The molecule has 0 aromatic heterocycles. The van der Waals surface area contributed by atoms with Gasteiger partial charge in [-0.1, -0.05) is 18.5 Å². The molecule has 2 atom stereocenters. The van der Waals surface area contributed by atoms with E-state index in [2.05, 4.69) is 0 Å². The molecule has 1 heterocycles. The highest BCUT2D eigenvalue weighted by Gasteiger charge is 2.38. The predicted molar refractivity (Wildman–Crippen MR) is 113 cm³/mol. The zero-order chi connectivity index (χ0) is 22.9. The van der Waals surface area contributed by atoms with Crippen LogP contribution in [-0.4, -0.2) is 29.4 Å². The Morgan fingerprint density at radius 2 is 1.97 bits per heavy atom. The second kappa shape index (κ2) is 8.94. The molecule has 0 spiro atoms. The van der Waals surface area contributed by atoms with Gasteiger partial charge in [0.2, 0.25) is 5.91 Å². The summed E-state index contributed by atoms with van der Waals surface area (Å²) >= 11 is 6.16. The van der Waals surface area contributed by atoms with Crippen molar-refractivity contribution in [2.24, 2.45) is 0 Å². The van der Waals surface area contributed by atoms with Crippen molar-refractivity contribution >= 4 is 28.9 Å². The Hall–Kier alpha value is -2.48. The van der Waals surface area contributed by atoms with Crippen LogP contribution in [0.1, 0.15) is 37.8 Å². The maximum atomic E-state index is 13.9. The molecule has 168 valence electrons. The third-order valence-corrected chi connectivity index (χ3v) is 6.06. The third kappa shape index (κ3) is 5.06. The molecule has 2 aromatic carbocycles. The summed E-state index contributed by atoms with van der Waals surface area (Å²) < 4.78 is 54.6. The van der Waals surface area contributed by atoms with E-state index in [1.165, 1.54) is 0 Å². The fourth-order valence-corrected chi connectivity index (χ4v) is 4.02. The van der Waals surface area contributed by atoms with Crippen molar-refractivity contribution in [2.75, 3.05) is 17.2 Å². The highest BCUT2D eigenvalue weighted by molar-refractivity contribution is 6.33. The van der Waals surface area contributed by atoms with Gasteiger partial charge in [0.25, 0.3) is 0 Å². The van der Waals surface area contributed by atoms with Crippen molar-refractivity contribution in [3.05, 3.63) is 58.4 Å². The predicted octanol–water partition coefficient (Wildman–Crippen LogP) is 5.49. The van der Waals surface area contributed by atoms with E-state index in [4.69, 9.17) is 17.3 Å². The second-order valence-corrected chi connectivity index (χ2v) is 8.20. The van der Waals surface area contributed by atoms with Crippen LogP contribution < -0.4 is 10.6 Å². The van der Waals surface area contributed by atoms with Gasteiger partial charge in [-0.2, -0.15) is 13.2 Å². The molecular weight excluding hydrogens is 434 g/mol. The van der Waals surface area contributed by atoms with E-state index in [1.54, 1.807) is 28.0 Å². The topological polar surface area (TPSA) is 49.6 Å². The first-order valence-electron chi connectivity index (χ1n) is 9.98. The number of rotatable bonds is 6. The first-order valence-corrected chi connectivity index (χ1v) is 10.4. The van der Waals surface area contributed by atoms with Gasteiger partial charge >= 0.3 is 6.18 Å². The molecule has 0 bridgehead atoms. The lowest BCUT2D eigenvalue weighted by atomic mass is 10.0. The highest BCUT2D eigenvalue weighted by Crippen LogP contribution is 2.36. The minimum atomic E-state index is -4.64. The fourth-order valence-electron chi connectivity index (χ4n) is 3.85. The van der Waals surface area contributed by atoms with Gasteiger partial charge in [0.15, 0.2) is 0 Å². The molecule has 1 aliphatic rings. The standard InChI is InChI=1S/C22H24ClF4N3O/c1-3-13(2)29-12-17(10-21(29)31)30(16-5-7-20(28)19(23)9-16)11-14-8-15(24)4-6-18(14)22(25,26)27/h4-9,13,17H,3,10-12,28H2,1-2H3/t13?,17-/m0/s1. The molecule has 1 unspecified atom stereocenters. The van der Waals surface area contributed by atoms with E-state index >= 15 is 0 Å². The van der Waals surface area contributed by atoms with Gasteiger partial charge in [0, 0.05) is 31.2 Å². The van der Waals surface area contributed by atoms with Crippen molar-refractivity contribution in [1.29, 1.82) is 0 Å². The lowest BCUT2D eigenvalue weighted by molar-refractivity contribution is -0.138. The molecule has 0 aliphatic carbocycles. The molecule has 2 N–H and O–H groups in total. The molecule has 1 aliphatic heterocycles. The van der Waals surface area contributed by atoms with E-state index in [0.29, 0.717) is 17.9 Å². The van der Waals surface area contributed by atoms with E-state index in [9.17, 15) is 22.4 Å². The smallest absolute Gasteiger partial charge is 0.398 e. The van der Waals surface area contributed by atoms with Crippen LogP contribution in [0.2, 0.25) is 5.02 Å². The number of nitrogen functional groups attached to an aromatic ring is 1. The molecule has 0 saturated carbocycles. The van der Waals surface area contributed by atoms with Crippen molar-refractivity contribution < 1.29 is 22.4 Å². The Balaban J connectivity index is 2.03. The van der Waals surface area contributed by atoms with Gasteiger partial charge < -0.3 is 15.5 Å². The Kier molecular flexibility index (Phi) is 6.69. The van der Waals surface area contributed by atoms with Crippen molar-refractivity contribution in [1.82, 2.24) is 4.90 Å². The number of carbonyl (C=O) groups excluding carboxylic acids is 1. The van der Waals surface area contributed by atoms with Crippen molar-refractivity contribution in [3.8, 4) is 0 Å². The zero-order valence-electron chi connectivity index (χ0n) is 17.2. The molecular formula is C22H24ClF4N3O. The number of nitrogens with zero attached hydrogens (tertiary/aromatic N) is 2. The SMILES string of the molecule is CCC(C)N1C[C@@H](N(Cc2cc(F)ccc2C(F)(F)F)c2ccc(N)c(Cl)c2)CC1=O. The van der Waals surface area contributed by atoms with E-state index in [1.807, 2.05) is 13.8 Å². The number of alkyl halides is 3. The quantitative estimate of drug-likeness (QED) is 0.461. The van der Waals surface area contributed by atoms with Crippen molar-refractivity contribution in [3.63, 3.8) is 0 Å². The van der Waals surface area contributed by atoms with Crippen LogP contribution in [0.4, 0.5) is 28.9 Å². The Morgan fingerprint density at radius 1 is 1.26 bits per heavy atom. The van der Waals surface area contributed by atoms with Crippen molar-refractivity contribution in [2.45, 2.75) is 51.5 Å². The Morgan fingerprint density at radius 3 is 2.58 bits per heavy atom. The summed E-state index contributed by atoms with van der Waals surface area (Å²) in [5.41, 5.74) is 5.50. The van der Waals surface area contributed by atoms with Crippen LogP contribution in [0.25, 0.3) is 0 Å². The van der Waals surface area contributed by atoms with Crippen LogP contribution in [0.15, 0.2) is 36.4 Å². The summed E-state index contributed by atoms with van der Waals surface area (Å²) in [6, 6.07) is 6.79. The molecule has 4 nitrogen and oxygen atoms in total. The number of likely N-dealkylation sites (tertiary alicyclic amines) is 1. The Labute approximate surface area is 183 Å². The first kappa shape index (κ1) is 23.2. The molecule has 9 heteroatoms. The van der Waals surface area contributed by atoms with Crippen LogP contribution >= 0.6 is 11.6 Å². The van der Waals surface area contributed by atoms with Gasteiger partial charge in [-0.3, -0.25) is 4.79 Å². The number of hydrogen-bond acceptors (Lipinski definition) is 3. The lowest BCUT2D eigenvalue weighted by Gasteiger charge is -2.33. The first-order chi connectivity index (χ1) is 14.5. The average Bonchev–Trinajstić information content (AvgIpc) is 3.08. The molecule has 1 saturated heterocycles. The molecule has 2 aromatic rings. The minimum Gasteiger partial charge on any atom is -0.398 e. The summed E-state index contributed by atoms with van der Waals surface area (Å²) in [5.74, 6) is -0.830. The second-order valence-electron chi connectivity index (χ2n) is 7.79. The highest BCUT2D eigenvalue weighted by atomic mass is 35.5. The number of halogens is 5. The number of nitrogens with two attached hydrogens (primary N) is 1. The monoisotopic (exact) mass is 457 g/mol. The summed E-state index contributed by atoms with van der Waals surface area (Å²) in [5, 5.41) is 0.251. The molecule has 31 heavy (non-hydrogen) atoms. The normalized spacial score (nSPS) is 17.8. The number of carbonyl (C=O) groups is 1. The van der Waals surface area contributed by atoms with Crippen LogP contribution in [0.3, 0.4) is 0 Å². The number of hydrogen-bond donors (Lipinski definition) is 1. The fraction of sp³-hybridized carbons (Fsp3) is 0.409.